The number of sulfonamides is 1. The molecule has 0 saturated heterocycles. The van der Waals surface area contributed by atoms with Gasteiger partial charge in [-0.2, -0.15) is 4.31 Å². The Kier molecular flexibility index (Phi) is 9.25. The van der Waals surface area contributed by atoms with Crippen molar-refractivity contribution in [1.29, 1.82) is 0 Å². The van der Waals surface area contributed by atoms with E-state index in [-0.39, 0.29) is 35.8 Å². The van der Waals surface area contributed by atoms with Crippen molar-refractivity contribution in [3.8, 4) is 23.3 Å². The van der Waals surface area contributed by atoms with E-state index in [1.807, 2.05) is 50.4 Å². The van der Waals surface area contributed by atoms with Gasteiger partial charge in [-0.15, -0.1) is 0 Å². The quantitative estimate of drug-likeness (QED) is 0.452. The number of aromatic nitrogens is 1. The third kappa shape index (κ3) is 6.78. The summed E-state index contributed by atoms with van der Waals surface area (Å²) in [5.41, 5.74) is 2.47. The molecule has 0 fully saturated rings. The third-order valence-corrected chi connectivity index (χ3v) is 8.83. The first-order chi connectivity index (χ1) is 18.7. The minimum absolute atomic E-state index is 0.0688. The Balaban J connectivity index is 1.71. The fraction of sp³-hybridized carbons (Fsp3) is 0.367. The number of methoxy groups -OCH3 is 1. The van der Waals surface area contributed by atoms with Gasteiger partial charge in [-0.05, 0) is 62.0 Å². The minimum atomic E-state index is -3.92. The average Bonchev–Trinajstić information content (AvgIpc) is 2.94. The second-order valence-corrected chi connectivity index (χ2v) is 11.8. The molecule has 0 radical (unpaired) electrons. The predicted octanol–water partition coefficient (Wildman–Crippen LogP) is 3.39. The highest BCUT2D eigenvalue weighted by atomic mass is 32.2. The minimum Gasteiger partial charge on any atom is -0.495 e. The van der Waals surface area contributed by atoms with Crippen LogP contribution in [0, 0.1) is 17.8 Å². The summed E-state index contributed by atoms with van der Waals surface area (Å²) in [5, 5.41) is 9.88. The van der Waals surface area contributed by atoms with Gasteiger partial charge in [0.2, 0.25) is 10.0 Å². The molecule has 2 aromatic carbocycles. The van der Waals surface area contributed by atoms with Crippen molar-refractivity contribution in [2.75, 3.05) is 33.9 Å². The highest BCUT2D eigenvalue weighted by molar-refractivity contribution is 7.89. The Bertz CT molecular complexity index is 1440. The number of ether oxygens (including phenoxy) is 2. The van der Waals surface area contributed by atoms with E-state index < -0.39 is 16.1 Å². The summed E-state index contributed by atoms with van der Waals surface area (Å²) in [6.07, 6.45) is 3.22. The number of nitrogens with zero attached hydrogens (tertiary/aromatic N) is 3. The van der Waals surface area contributed by atoms with E-state index >= 15 is 0 Å². The van der Waals surface area contributed by atoms with Gasteiger partial charge in [0.1, 0.15) is 22.5 Å². The number of para-hydroxylation sites is 1. The van der Waals surface area contributed by atoms with E-state index in [0.717, 1.165) is 11.1 Å². The van der Waals surface area contributed by atoms with Gasteiger partial charge < -0.3 is 14.6 Å². The van der Waals surface area contributed by atoms with Crippen LogP contribution in [0.15, 0.2) is 71.9 Å². The van der Waals surface area contributed by atoms with Crippen LogP contribution in [0.3, 0.4) is 0 Å². The monoisotopic (exact) mass is 549 g/mol. The highest BCUT2D eigenvalue weighted by Gasteiger charge is 2.38. The zero-order valence-corrected chi connectivity index (χ0v) is 23.6. The molecule has 9 heteroatoms. The Morgan fingerprint density at radius 3 is 2.64 bits per heavy atom. The summed E-state index contributed by atoms with van der Waals surface area (Å²) in [4.78, 5) is 6.30. The van der Waals surface area contributed by atoms with E-state index in [1.54, 1.807) is 44.6 Å². The number of benzene rings is 2. The lowest BCUT2D eigenvalue weighted by molar-refractivity contribution is 0.0733. The van der Waals surface area contributed by atoms with Crippen molar-refractivity contribution in [1.82, 2.24) is 14.2 Å². The molecule has 0 unspecified atom stereocenters. The lowest BCUT2D eigenvalue weighted by Crippen LogP contribution is -2.49. The second kappa shape index (κ2) is 12.6. The number of hydrogen-bond donors (Lipinski definition) is 1. The maximum atomic E-state index is 13.7. The number of hydrogen-bond acceptors (Lipinski definition) is 7. The lowest BCUT2D eigenvalue weighted by Gasteiger charge is -2.37. The van der Waals surface area contributed by atoms with Gasteiger partial charge in [0.25, 0.3) is 0 Å². The van der Waals surface area contributed by atoms with E-state index in [0.29, 0.717) is 24.4 Å². The second-order valence-electron chi connectivity index (χ2n) is 9.90. The fourth-order valence-electron chi connectivity index (χ4n) is 4.58. The summed E-state index contributed by atoms with van der Waals surface area (Å²) in [6, 6.07) is 15.7. The molecule has 8 nitrogen and oxygen atoms in total. The van der Waals surface area contributed by atoms with E-state index in [1.165, 1.54) is 4.31 Å². The molecule has 3 atom stereocenters. The van der Waals surface area contributed by atoms with Gasteiger partial charge in [0.05, 0.1) is 19.3 Å². The molecule has 1 aliphatic rings. The van der Waals surface area contributed by atoms with Crippen molar-refractivity contribution in [3.63, 3.8) is 0 Å². The highest BCUT2D eigenvalue weighted by Crippen LogP contribution is 2.34. The molecule has 206 valence electrons. The molecule has 39 heavy (non-hydrogen) atoms. The number of rotatable bonds is 7. The summed E-state index contributed by atoms with van der Waals surface area (Å²) in [5.74, 6) is 7.00. The molecular formula is C30H35N3O5S. The first-order valence-corrected chi connectivity index (χ1v) is 14.3. The molecule has 1 aliphatic heterocycles. The van der Waals surface area contributed by atoms with E-state index in [9.17, 15) is 13.5 Å². The molecule has 0 aliphatic carbocycles. The van der Waals surface area contributed by atoms with E-state index in [4.69, 9.17) is 9.47 Å². The van der Waals surface area contributed by atoms with Gasteiger partial charge >= 0.3 is 0 Å². The molecule has 3 aromatic rings. The normalized spacial score (nSPS) is 19.5. The Hall–Kier alpha value is -3.42. The number of likely N-dealkylation sites (N-methyl/N-ethyl adjacent to an activating group) is 1. The largest absolute Gasteiger partial charge is 0.495 e. The van der Waals surface area contributed by atoms with Crippen molar-refractivity contribution >= 4 is 10.0 Å². The number of pyridine rings is 1. The van der Waals surface area contributed by atoms with Crippen LogP contribution >= 0.6 is 0 Å². The van der Waals surface area contributed by atoms with Crippen LogP contribution in [-0.4, -0.2) is 73.7 Å². The summed E-state index contributed by atoms with van der Waals surface area (Å²) < 4.78 is 40.7. The first-order valence-electron chi connectivity index (χ1n) is 12.9. The maximum Gasteiger partial charge on any atom is 0.247 e. The van der Waals surface area contributed by atoms with Crippen LogP contribution in [0.2, 0.25) is 0 Å². The summed E-state index contributed by atoms with van der Waals surface area (Å²) in [6.45, 7) is 4.91. The lowest BCUT2D eigenvalue weighted by atomic mass is 10.0. The van der Waals surface area contributed by atoms with Gasteiger partial charge in [0.15, 0.2) is 0 Å². The van der Waals surface area contributed by atoms with Crippen LogP contribution in [0.25, 0.3) is 0 Å². The van der Waals surface area contributed by atoms with Gasteiger partial charge in [-0.25, -0.2) is 8.42 Å². The number of fused-ring (bicyclic) bond motifs is 1. The van der Waals surface area contributed by atoms with Crippen LogP contribution in [0.1, 0.15) is 30.5 Å². The van der Waals surface area contributed by atoms with Crippen LogP contribution in [0.5, 0.6) is 11.5 Å². The molecule has 1 aromatic heterocycles. The molecule has 1 N–H and O–H groups in total. The van der Waals surface area contributed by atoms with Gasteiger partial charge in [0, 0.05) is 49.6 Å². The molecule has 0 saturated carbocycles. The first kappa shape index (κ1) is 28.6. The average molecular weight is 550 g/mol. The standard InChI is InChI=1S/C30H35N3O5S/c1-22-18-33(23(2)21-34)39(35,36)30-12-10-24(9-11-26-7-5-6-8-27(26)37-4)17-28(30)38-29(22)20-32(3)19-25-13-15-31-16-14-25/h5-8,10,12-17,22-23,29,34H,18-21H2,1-4H3/t22-,23-,29-/m1/s1. The summed E-state index contributed by atoms with van der Waals surface area (Å²) >= 11 is 0. The van der Waals surface area contributed by atoms with Crippen molar-refractivity contribution < 1.29 is 23.0 Å². The zero-order valence-electron chi connectivity index (χ0n) is 22.7. The molecule has 4 rings (SSSR count). The van der Waals surface area contributed by atoms with Gasteiger partial charge in [-0.1, -0.05) is 30.9 Å². The van der Waals surface area contributed by atoms with Crippen LogP contribution in [-0.2, 0) is 16.6 Å². The van der Waals surface area contributed by atoms with Crippen LogP contribution in [0.4, 0.5) is 0 Å². The van der Waals surface area contributed by atoms with Crippen molar-refractivity contribution in [2.45, 2.75) is 37.4 Å². The Morgan fingerprint density at radius 1 is 1.18 bits per heavy atom. The van der Waals surface area contributed by atoms with Crippen molar-refractivity contribution in [2.24, 2.45) is 5.92 Å². The maximum absolute atomic E-state index is 13.7. The summed E-state index contributed by atoms with van der Waals surface area (Å²) in [7, 11) is -0.318. The number of aliphatic hydroxyl groups excluding tert-OH is 1. The molecule has 0 amide bonds. The van der Waals surface area contributed by atoms with E-state index in [2.05, 4.69) is 21.7 Å². The number of aliphatic hydroxyl groups is 1. The van der Waals surface area contributed by atoms with Gasteiger partial charge in [-0.3, -0.25) is 9.88 Å². The Labute approximate surface area is 231 Å². The molecule has 0 spiro atoms. The van der Waals surface area contributed by atoms with Crippen molar-refractivity contribution in [3.05, 3.63) is 83.7 Å². The molecular weight excluding hydrogens is 514 g/mol. The fourth-order valence-corrected chi connectivity index (χ4v) is 6.41. The van der Waals surface area contributed by atoms with Crippen LogP contribution < -0.4 is 9.47 Å². The SMILES string of the molecule is COc1ccccc1C#Cc1ccc2c(c1)O[C@H](CN(C)Cc1ccncc1)[C@H](C)CN([C@H](C)CO)S2(=O)=O. The zero-order chi connectivity index (χ0) is 28.0. The smallest absolute Gasteiger partial charge is 0.247 e. The topological polar surface area (TPSA) is 92.2 Å². The Morgan fingerprint density at radius 2 is 1.92 bits per heavy atom. The third-order valence-electron chi connectivity index (χ3n) is 6.81. The predicted molar refractivity (Wildman–Crippen MR) is 150 cm³/mol. The molecule has 0 bridgehead atoms. The molecule has 2 heterocycles.